The number of rotatable bonds is 5. The van der Waals surface area contributed by atoms with Gasteiger partial charge in [0.2, 0.25) is 0 Å². The largest absolute Gasteiger partial charge is 0.489 e. The van der Waals surface area contributed by atoms with E-state index in [4.69, 9.17) is 9.47 Å². The zero-order valence-electron chi connectivity index (χ0n) is 17.5. The van der Waals surface area contributed by atoms with Crippen LogP contribution in [0.25, 0.3) is 0 Å². The molecular weight excluding hydrogens is 369 g/mol. The van der Waals surface area contributed by atoms with Gasteiger partial charge in [0, 0.05) is 18.7 Å². The van der Waals surface area contributed by atoms with Crippen LogP contribution in [0.4, 0.5) is 9.18 Å². The highest BCUT2D eigenvalue weighted by atomic mass is 19.1. The Kier molecular flexibility index (Phi) is 6.78. The SMILES string of the molecule is CC(C)(C)OC(=O)N1CCCCC1Cc1ccc(OCc2ccccc2)cc1F. The van der Waals surface area contributed by atoms with E-state index in [1.54, 1.807) is 17.0 Å². The van der Waals surface area contributed by atoms with E-state index in [2.05, 4.69) is 0 Å². The summed E-state index contributed by atoms with van der Waals surface area (Å²) in [5.41, 5.74) is 1.09. The number of hydrogen-bond acceptors (Lipinski definition) is 3. The number of likely N-dealkylation sites (tertiary alicyclic amines) is 1. The molecule has 1 saturated heterocycles. The Morgan fingerprint density at radius 2 is 1.90 bits per heavy atom. The Balaban J connectivity index is 1.64. The summed E-state index contributed by atoms with van der Waals surface area (Å²) >= 11 is 0. The average molecular weight is 400 g/mol. The van der Waals surface area contributed by atoms with Crippen LogP contribution in [-0.2, 0) is 17.8 Å². The number of carbonyl (C=O) groups excluding carboxylic acids is 1. The Morgan fingerprint density at radius 1 is 1.14 bits per heavy atom. The van der Waals surface area contributed by atoms with E-state index in [1.807, 2.05) is 51.1 Å². The first kappa shape index (κ1) is 21.2. The van der Waals surface area contributed by atoms with Crippen molar-refractivity contribution in [3.05, 3.63) is 65.5 Å². The number of hydrogen-bond donors (Lipinski definition) is 0. The van der Waals surface area contributed by atoms with Gasteiger partial charge in [-0.3, -0.25) is 0 Å². The molecule has 29 heavy (non-hydrogen) atoms. The van der Waals surface area contributed by atoms with E-state index in [1.165, 1.54) is 6.07 Å². The van der Waals surface area contributed by atoms with Crippen LogP contribution in [0.5, 0.6) is 5.75 Å². The molecule has 1 amide bonds. The maximum absolute atomic E-state index is 14.7. The molecular formula is C24H30FNO3. The second-order valence-electron chi connectivity index (χ2n) is 8.55. The second-order valence-corrected chi connectivity index (χ2v) is 8.55. The molecule has 0 bridgehead atoms. The molecule has 1 aliphatic rings. The molecule has 0 spiro atoms. The third-order valence-electron chi connectivity index (χ3n) is 4.98. The highest BCUT2D eigenvalue weighted by Gasteiger charge is 2.31. The van der Waals surface area contributed by atoms with Crippen molar-refractivity contribution in [3.63, 3.8) is 0 Å². The average Bonchev–Trinajstić information content (AvgIpc) is 2.68. The van der Waals surface area contributed by atoms with Gasteiger partial charge in [-0.25, -0.2) is 9.18 Å². The van der Waals surface area contributed by atoms with Gasteiger partial charge in [-0.1, -0.05) is 36.4 Å². The zero-order valence-corrected chi connectivity index (χ0v) is 17.5. The van der Waals surface area contributed by atoms with Crippen molar-refractivity contribution in [3.8, 4) is 5.75 Å². The minimum Gasteiger partial charge on any atom is -0.489 e. The molecule has 1 aliphatic heterocycles. The molecule has 0 saturated carbocycles. The van der Waals surface area contributed by atoms with Gasteiger partial charge in [0.05, 0.1) is 0 Å². The molecule has 0 radical (unpaired) electrons. The van der Waals surface area contributed by atoms with E-state index >= 15 is 0 Å². The Bertz CT molecular complexity index is 817. The molecule has 1 fully saturated rings. The predicted octanol–water partition coefficient (Wildman–Crippen LogP) is 5.74. The molecule has 156 valence electrons. The lowest BCUT2D eigenvalue weighted by molar-refractivity contribution is 0.00984. The van der Waals surface area contributed by atoms with Gasteiger partial charge in [-0.15, -0.1) is 0 Å². The first-order valence-electron chi connectivity index (χ1n) is 10.3. The summed E-state index contributed by atoms with van der Waals surface area (Å²) < 4.78 is 26.0. The van der Waals surface area contributed by atoms with Crippen LogP contribution in [0.1, 0.15) is 51.2 Å². The Morgan fingerprint density at radius 3 is 2.59 bits per heavy atom. The predicted molar refractivity (Wildman–Crippen MR) is 111 cm³/mol. The summed E-state index contributed by atoms with van der Waals surface area (Å²) in [6.07, 6.45) is 2.99. The van der Waals surface area contributed by atoms with Gasteiger partial charge in [0.1, 0.15) is 23.8 Å². The fourth-order valence-corrected chi connectivity index (χ4v) is 3.55. The van der Waals surface area contributed by atoms with E-state index < -0.39 is 5.60 Å². The smallest absolute Gasteiger partial charge is 0.410 e. The van der Waals surface area contributed by atoms with Crippen molar-refractivity contribution in [2.45, 2.75) is 64.7 Å². The fraction of sp³-hybridized carbons (Fsp3) is 0.458. The summed E-state index contributed by atoms with van der Waals surface area (Å²) in [5, 5.41) is 0. The standard InChI is InChI=1S/C24H30FNO3/c1-24(2,3)29-23(27)26-14-8-7-11-20(26)15-19-12-13-21(16-22(19)25)28-17-18-9-5-4-6-10-18/h4-6,9-10,12-13,16,20H,7-8,11,14-15,17H2,1-3H3. The molecule has 2 aromatic rings. The van der Waals surface area contributed by atoms with Crippen molar-refractivity contribution in [1.29, 1.82) is 0 Å². The maximum atomic E-state index is 14.7. The molecule has 5 heteroatoms. The summed E-state index contributed by atoms with van der Waals surface area (Å²) in [7, 11) is 0. The van der Waals surface area contributed by atoms with Crippen molar-refractivity contribution >= 4 is 6.09 Å². The lowest BCUT2D eigenvalue weighted by atomic mass is 9.95. The van der Waals surface area contributed by atoms with Crippen molar-refractivity contribution in [2.75, 3.05) is 6.54 Å². The number of nitrogens with zero attached hydrogens (tertiary/aromatic N) is 1. The van der Waals surface area contributed by atoms with Gasteiger partial charge in [0.15, 0.2) is 0 Å². The van der Waals surface area contributed by atoms with Gasteiger partial charge in [-0.2, -0.15) is 0 Å². The molecule has 0 aromatic heterocycles. The highest BCUT2D eigenvalue weighted by Crippen LogP contribution is 2.26. The van der Waals surface area contributed by atoms with E-state index in [0.717, 1.165) is 24.8 Å². The molecule has 1 heterocycles. The van der Waals surface area contributed by atoms with Crippen LogP contribution in [0, 0.1) is 5.82 Å². The second kappa shape index (κ2) is 9.29. The van der Waals surface area contributed by atoms with Crippen LogP contribution < -0.4 is 4.74 Å². The lowest BCUT2D eigenvalue weighted by Gasteiger charge is -2.37. The normalized spacial score (nSPS) is 17.1. The summed E-state index contributed by atoms with van der Waals surface area (Å²) in [4.78, 5) is 14.3. The summed E-state index contributed by atoms with van der Waals surface area (Å²) in [6, 6.07) is 14.7. The summed E-state index contributed by atoms with van der Waals surface area (Å²) in [6.45, 7) is 6.63. The number of halogens is 1. The third kappa shape index (κ3) is 6.21. The van der Waals surface area contributed by atoms with E-state index in [0.29, 0.717) is 30.9 Å². The number of benzene rings is 2. The van der Waals surface area contributed by atoms with E-state index in [9.17, 15) is 9.18 Å². The van der Waals surface area contributed by atoms with Gasteiger partial charge >= 0.3 is 6.09 Å². The van der Waals surface area contributed by atoms with Crippen molar-refractivity contribution in [2.24, 2.45) is 0 Å². The first-order chi connectivity index (χ1) is 13.8. The fourth-order valence-electron chi connectivity index (χ4n) is 3.55. The van der Waals surface area contributed by atoms with Crippen LogP contribution in [0.15, 0.2) is 48.5 Å². The number of piperidine rings is 1. The lowest BCUT2D eigenvalue weighted by Crippen LogP contribution is -2.47. The molecule has 4 nitrogen and oxygen atoms in total. The summed E-state index contributed by atoms with van der Waals surface area (Å²) in [5.74, 6) is 0.202. The van der Waals surface area contributed by atoms with Crippen LogP contribution >= 0.6 is 0 Å². The van der Waals surface area contributed by atoms with E-state index in [-0.39, 0.29) is 18.0 Å². The minimum absolute atomic E-state index is 0.0517. The number of carbonyl (C=O) groups is 1. The molecule has 1 unspecified atom stereocenters. The van der Waals surface area contributed by atoms with Crippen LogP contribution in [-0.4, -0.2) is 29.2 Å². The highest BCUT2D eigenvalue weighted by molar-refractivity contribution is 5.68. The molecule has 1 atom stereocenters. The third-order valence-corrected chi connectivity index (χ3v) is 4.98. The monoisotopic (exact) mass is 399 g/mol. The van der Waals surface area contributed by atoms with Gasteiger partial charge in [0.25, 0.3) is 0 Å². The minimum atomic E-state index is -0.540. The number of amides is 1. The Hall–Kier alpha value is -2.56. The first-order valence-corrected chi connectivity index (χ1v) is 10.3. The van der Waals surface area contributed by atoms with Crippen LogP contribution in [0.3, 0.4) is 0 Å². The van der Waals surface area contributed by atoms with Crippen molar-refractivity contribution < 1.29 is 18.7 Å². The zero-order chi connectivity index (χ0) is 20.9. The molecule has 0 N–H and O–H groups in total. The van der Waals surface area contributed by atoms with Gasteiger partial charge in [-0.05, 0) is 63.6 Å². The van der Waals surface area contributed by atoms with Crippen molar-refractivity contribution in [1.82, 2.24) is 4.90 Å². The molecule has 0 aliphatic carbocycles. The molecule has 2 aromatic carbocycles. The number of ether oxygens (including phenoxy) is 2. The van der Waals surface area contributed by atoms with Crippen LogP contribution in [0.2, 0.25) is 0 Å². The maximum Gasteiger partial charge on any atom is 0.410 e. The Labute approximate surface area is 172 Å². The quantitative estimate of drug-likeness (QED) is 0.644. The van der Waals surface area contributed by atoms with Gasteiger partial charge < -0.3 is 14.4 Å². The molecule has 3 rings (SSSR count). The topological polar surface area (TPSA) is 38.8 Å².